The van der Waals surface area contributed by atoms with Crippen molar-refractivity contribution < 1.29 is 40.8 Å². The van der Waals surface area contributed by atoms with Crippen LogP contribution in [0.3, 0.4) is 0 Å². The van der Waals surface area contributed by atoms with Crippen molar-refractivity contribution in [1.29, 1.82) is 0 Å². The molecule has 0 amide bonds. The Labute approximate surface area is 254 Å². The third-order valence-electron chi connectivity index (χ3n) is 10.7. The summed E-state index contributed by atoms with van der Waals surface area (Å²) in [5.74, 6) is -4.20. The minimum absolute atomic E-state index is 0.0794. The van der Waals surface area contributed by atoms with Crippen LogP contribution in [0.5, 0.6) is 5.75 Å². The van der Waals surface area contributed by atoms with E-state index in [1.54, 1.807) is 12.1 Å². The van der Waals surface area contributed by atoms with E-state index in [2.05, 4.69) is 13.5 Å². The molecular weight excluding hydrogens is 590 g/mol. The Balaban J connectivity index is 1.21. The van der Waals surface area contributed by atoms with Crippen LogP contribution in [-0.4, -0.2) is 44.1 Å². The zero-order valence-corrected chi connectivity index (χ0v) is 25.8. The number of hydrogen-bond donors (Lipinski definition) is 2. The van der Waals surface area contributed by atoms with Crippen LogP contribution in [0.4, 0.5) is 26.3 Å². The molecule has 3 nitrogen and oxygen atoms in total. The molecule has 0 aromatic heterocycles. The van der Waals surface area contributed by atoms with Gasteiger partial charge in [0.15, 0.2) is 0 Å². The summed E-state index contributed by atoms with van der Waals surface area (Å²) in [5.41, 5.74) is 2.30. The number of aromatic hydroxyl groups is 1. The van der Waals surface area contributed by atoms with Gasteiger partial charge in [0, 0.05) is 28.7 Å². The van der Waals surface area contributed by atoms with Gasteiger partial charge in [0.1, 0.15) is 11.9 Å². The van der Waals surface area contributed by atoms with Gasteiger partial charge < -0.3 is 10.2 Å². The Morgan fingerprint density at radius 2 is 1.60 bits per heavy atom. The Hall–Kier alpha value is -1.55. The Morgan fingerprint density at radius 3 is 2.28 bits per heavy atom. The average molecular weight is 637 g/mol. The molecule has 8 atom stereocenters. The second kappa shape index (κ2) is 13.8. The van der Waals surface area contributed by atoms with Gasteiger partial charge in [0.25, 0.3) is 0 Å². The lowest BCUT2D eigenvalue weighted by atomic mass is 9.51. The van der Waals surface area contributed by atoms with Crippen LogP contribution in [0.2, 0.25) is 0 Å². The molecular formula is C33H46F6O3S. The number of phenols is 1. The number of alkyl halides is 6. The molecule has 1 aromatic rings. The first-order valence-corrected chi connectivity index (χ1v) is 17.3. The molecule has 3 aliphatic rings. The number of unbranched alkanes of at least 4 members (excludes halogenated alkanes) is 6. The lowest BCUT2D eigenvalue weighted by molar-refractivity contribution is -0.284. The quantitative estimate of drug-likeness (QED) is 0.122. The van der Waals surface area contributed by atoms with Gasteiger partial charge in [-0.25, -0.2) is 4.39 Å². The van der Waals surface area contributed by atoms with E-state index in [1.807, 2.05) is 6.07 Å². The third-order valence-corrected chi connectivity index (χ3v) is 12.1. The van der Waals surface area contributed by atoms with E-state index in [0.29, 0.717) is 24.2 Å². The molecule has 0 spiro atoms. The van der Waals surface area contributed by atoms with E-state index in [4.69, 9.17) is 0 Å². The fraction of sp³-hybridized carbons (Fsp3) is 0.758. The highest BCUT2D eigenvalue weighted by atomic mass is 32.2. The molecule has 2 N–H and O–H groups in total. The maximum absolute atomic E-state index is 16.2. The number of aliphatic hydroxyl groups is 1. The van der Waals surface area contributed by atoms with Gasteiger partial charge >= 0.3 is 12.1 Å². The molecule has 244 valence electrons. The van der Waals surface area contributed by atoms with Crippen molar-refractivity contribution >= 4 is 10.8 Å². The van der Waals surface area contributed by atoms with Gasteiger partial charge in [0.05, 0.1) is 6.10 Å². The van der Waals surface area contributed by atoms with Crippen LogP contribution in [0, 0.1) is 23.2 Å². The molecule has 2 fully saturated rings. The fourth-order valence-corrected chi connectivity index (χ4v) is 9.40. The average Bonchev–Trinajstić information content (AvgIpc) is 3.16. The van der Waals surface area contributed by atoms with Crippen molar-refractivity contribution in [3.63, 3.8) is 0 Å². The highest BCUT2D eigenvalue weighted by Gasteiger charge is 2.59. The van der Waals surface area contributed by atoms with E-state index < -0.39 is 48.0 Å². The van der Waals surface area contributed by atoms with Crippen LogP contribution in [0.15, 0.2) is 30.4 Å². The molecule has 4 rings (SSSR count). The van der Waals surface area contributed by atoms with Gasteiger partial charge in [-0.2, -0.15) is 22.0 Å². The monoisotopic (exact) mass is 636 g/mol. The smallest absolute Gasteiger partial charge is 0.453 e. The number of fused-ring (bicyclic) bond motifs is 5. The number of rotatable bonds is 14. The van der Waals surface area contributed by atoms with Gasteiger partial charge in [-0.1, -0.05) is 58.1 Å². The minimum atomic E-state index is -5.57. The van der Waals surface area contributed by atoms with Crippen molar-refractivity contribution in [1.82, 2.24) is 0 Å². The highest BCUT2D eigenvalue weighted by molar-refractivity contribution is 7.84. The molecule has 0 heterocycles. The third kappa shape index (κ3) is 7.47. The van der Waals surface area contributed by atoms with Gasteiger partial charge in [-0.05, 0) is 96.4 Å². The van der Waals surface area contributed by atoms with E-state index in [9.17, 15) is 36.4 Å². The summed E-state index contributed by atoms with van der Waals surface area (Å²) in [6.07, 6.45) is 0.269. The molecule has 0 saturated heterocycles. The molecule has 43 heavy (non-hydrogen) atoms. The lowest BCUT2D eigenvalue weighted by Gasteiger charge is -2.53. The molecule has 2 saturated carbocycles. The van der Waals surface area contributed by atoms with Crippen LogP contribution < -0.4 is 0 Å². The largest absolute Gasteiger partial charge is 0.508 e. The van der Waals surface area contributed by atoms with Gasteiger partial charge in [-0.15, -0.1) is 0 Å². The summed E-state index contributed by atoms with van der Waals surface area (Å²) in [4.78, 5) is 0. The summed E-state index contributed by atoms with van der Waals surface area (Å²) >= 11 is 0. The number of hydrogen-bond acceptors (Lipinski definition) is 3. The zero-order valence-electron chi connectivity index (χ0n) is 25.0. The summed E-state index contributed by atoms with van der Waals surface area (Å²) in [6, 6.07) is 5.12. The molecule has 5 unspecified atom stereocenters. The second-order valence-corrected chi connectivity index (χ2v) is 15.0. The maximum atomic E-state index is 16.2. The minimum Gasteiger partial charge on any atom is -0.508 e. The Kier molecular flexibility index (Phi) is 11.0. The first-order valence-electron chi connectivity index (χ1n) is 15.8. The number of phenolic OH excluding ortho intramolecular Hbond substituents is 1. The van der Waals surface area contributed by atoms with Crippen molar-refractivity contribution in [3.8, 4) is 5.75 Å². The number of halogens is 6. The first kappa shape index (κ1) is 34.3. The summed E-state index contributed by atoms with van der Waals surface area (Å²) in [6.45, 7) is 6.41. The highest BCUT2D eigenvalue weighted by Crippen LogP contribution is 2.66. The van der Waals surface area contributed by atoms with Crippen LogP contribution in [-0.2, 0) is 10.8 Å². The molecule has 3 aliphatic carbocycles. The zero-order chi connectivity index (χ0) is 31.6. The standard InChI is InChI=1S/C33H46F6O3S/c1-21-28(41)20-27-29-24(14-16-31(21,27)2)23-13-12-22(40)19-26(23)30(34)25(29)11-8-6-4-3-5-7-9-17-43(42)18-10-15-32(35,36)33(37,38)39/h12-13,19,24-25,27-30,40-41H,1,3-11,14-18,20H2,2H3/t24?,25?,27?,28-,29?,30-,31-,43?/m1/s1. The Morgan fingerprint density at radius 1 is 0.977 bits per heavy atom. The van der Waals surface area contributed by atoms with Gasteiger partial charge in [-0.3, -0.25) is 4.21 Å². The normalized spacial score (nSPS) is 31.4. The van der Waals surface area contributed by atoms with Crippen LogP contribution in [0.1, 0.15) is 114 Å². The molecule has 0 aliphatic heterocycles. The predicted octanol–water partition coefficient (Wildman–Crippen LogP) is 9.32. The lowest BCUT2D eigenvalue weighted by Crippen LogP contribution is -2.45. The first-order chi connectivity index (χ1) is 20.2. The van der Waals surface area contributed by atoms with E-state index in [1.165, 1.54) is 0 Å². The van der Waals surface area contributed by atoms with Crippen LogP contribution in [0.25, 0.3) is 0 Å². The van der Waals surface area contributed by atoms with Crippen molar-refractivity contribution in [2.45, 2.75) is 121 Å². The number of benzene rings is 1. The van der Waals surface area contributed by atoms with Crippen molar-refractivity contribution in [2.75, 3.05) is 11.5 Å². The topological polar surface area (TPSA) is 57.5 Å². The predicted molar refractivity (Wildman–Crippen MR) is 157 cm³/mol. The molecule has 0 radical (unpaired) electrons. The number of aliphatic hydroxyl groups excluding tert-OH is 1. The maximum Gasteiger partial charge on any atom is 0.453 e. The molecule has 10 heteroatoms. The summed E-state index contributed by atoms with van der Waals surface area (Å²) < 4.78 is 90.8. The van der Waals surface area contributed by atoms with Crippen molar-refractivity contribution in [3.05, 3.63) is 41.5 Å². The molecule has 1 aromatic carbocycles. The Bertz CT molecular complexity index is 1140. The van der Waals surface area contributed by atoms with Crippen molar-refractivity contribution in [2.24, 2.45) is 23.2 Å². The fourth-order valence-electron chi connectivity index (χ4n) is 8.21. The van der Waals surface area contributed by atoms with E-state index in [0.717, 1.165) is 68.9 Å². The SMILES string of the molecule is C=C1[C@H](O)CC2C3C(CC[C@]12C)c1ccc(O)cc1[C@H](F)C3CCCCCCCCCS(=O)CCCC(F)(F)C(F)(F)F. The van der Waals surface area contributed by atoms with Crippen LogP contribution >= 0.6 is 0 Å². The second-order valence-electron chi connectivity index (χ2n) is 13.3. The molecule has 0 bridgehead atoms. The van der Waals surface area contributed by atoms with E-state index >= 15 is 4.39 Å². The summed E-state index contributed by atoms with van der Waals surface area (Å²) in [5, 5.41) is 20.8. The van der Waals surface area contributed by atoms with Gasteiger partial charge in [0.2, 0.25) is 0 Å². The van der Waals surface area contributed by atoms with E-state index in [-0.39, 0.29) is 40.6 Å². The summed E-state index contributed by atoms with van der Waals surface area (Å²) in [7, 11) is -1.40.